The van der Waals surface area contributed by atoms with Crippen molar-refractivity contribution in [3.05, 3.63) is 41.6 Å². The minimum absolute atomic E-state index is 0.0772. The molecule has 0 fully saturated rings. The number of ether oxygens (including phenoxy) is 2. The molecule has 10 nitrogen and oxygen atoms in total. The van der Waals surface area contributed by atoms with Crippen LogP contribution in [0.4, 0.5) is 0 Å². The number of aromatic nitrogens is 1. The topological polar surface area (TPSA) is 132 Å². The molecule has 0 radical (unpaired) electrons. The zero-order valence-corrected chi connectivity index (χ0v) is 17.5. The molecule has 1 aliphatic rings. The standard InChI is InChI=1S/C21H26N4O6/c1-13-18(31-12-24-13)21(28)25-16-5-3-4-8-22-19(26)15-7-6-14(29-2)11-17(15)30-10-9-23-20(16)27/h6-7,11-12,16H,3-5,8-10H2,1-2H3,(H,22,26)(H,23,27)(H,25,28)/t16-/m0/s1. The van der Waals surface area contributed by atoms with Gasteiger partial charge in [0.15, 0.2) is 6.39 Å². The lowest BCUT2D eigenvalue weighted by Crippen LogP contribution is -2.47. The Morgan fingerprint density at radius 1 is 1.23 bits per heavy atom. The van der Waals surface area contributed by atoms with Crippen molar-refractivity contribution < 1.29 is 28.3 Å². The summed E-state index contributed by atoms with van der Waals surface area (Å²) in [6.07, 6.45) is 2.86. The maximum absolute atomic E-state index is 12.7. The van der Waals surface area contributed by atoms with Crippen LogP contribution in [0, 0.1) is 6.92 Å². The number of carbonyl (C=O) groups excluding carboxylic acids is 3. The fourth-order valence-electron chi connectivity index (χ4n) is 3.18. The SMILES string of the molecule is COc1ccc2c(c1)OCCNC(=O)[C@@H](NC(=O)c1ocnc1C)CCCCNC2=O. The summed E-state index contributed by atoms with van der Waals surface area (Å²) < 4.78 is 16.0. The zero-order chi connectivity index (χ0) is 22.2. The quantitative estimate of drug-likeness (QED) is 0.667. The second-order valence-corrected chi connectivity index (χ2v) is 7.05. The molecule has 3 rings (SSSR count). The second kappa shape index (κ2) is 10.5. The minimum atomic E-state index is -0.747. The molecule has 2 aromatic rings. The lowest BCUT2D eigenvalue weighted by atomic mass is 10.1. The third kappa shape index (κ3) is 5.74. The normalized spacial score (nSPS) is 17.9. The van der Waals surface area contributed by atoms with Crippen LogP contribution in [-0.2, 0) is 4.79 Å². The highest BCUT2D eigenvalue weighted by atomic mass is 16.5. The molecule has 166 valence electrons. The van der Waals surface area contributed by atoms with Gasteiger partial charge >= 0.3 is 0 Å². The van der Waals surface area contributed by atoms with Crippen molar-refractivity contribution in [3.63, 3.8) is 0 Å². The van der Waals surface area contributed by atoms with Gasteiger partial charge in [-0.05, 0) is 38.3 Å². The third-order valence-corrected chi connectivity index (χ3v) is 4.87. The monoisotopic (exact) mass is 430 g/mol. The Morgan fingerprint density at radius 2 is 2.06 bits per heavy atom. The summed E-state index contributed by atoms with van der Waals surface area (Å²) in [4.78, 5) is 41.5. The van der Waals surface area contributed by atoms with Gasteiger partial charge in [0.25, 0.3) is 11.8 Å². The molecule has 1 aliphatic heterocycles. The number of carbonyl (C=O) groups is 3. The lowest BCUT2D eigenvalue weighted by Gasteiger charge is -2.19. The Kier molecular flexibility index (Phi) is 7.47. The van der Waals surface area contributed by atoms with Crippen molar-refractivity contribution in [1.82, 2.24) is 20.9 Å². The van der Waals surface area contributed by atoms with E-state index in [4.69, 9.17) is 13.9 Å². The highest BCUT2D eigenvalue weighted by Crippen LogP contribution is 2.25. The Labute approximate surface area is 179 Å². The van der Waals surface area contributed by atoms with Crippen molar-refractivity contribution in [3.8, 4) is 11.5 Å². The number of benzene rings is 1. The number of rotatable bonds is 3. The summed E-state index contributed by atoms with van der Waals surface area (Å²) in [6, 6.07) is 4.22. The van der Waals surface area contributed by atoms with Crippen LogP contribution in [-0.4, -0.2) is 55.6 Å². The van der Waals surface area contributed by atoms with Crippen molar-refractivity contribution in [2.24, 2.45) is 0 Å². The average molecular weight is 430 g/mol. The van der Waals surface area contributed by atoms with Gasteiger partial charge in [0, 0.05) is 12.6 Å². The van der Waals surface area contributed by atoms with Gasteiger partial charge in [0.2, 0.25) is 11.7 Å². The van der Waals surface area contributed by atoms with E-state index in [9.17, 15) is 14.4 Å². The van der Waals surface area contributed by atoms with Crippen molar-refractivity contribution in [2.45, 2.75) is 32.2 Å². The molecule has 1 aromatic carbocycles. The number of methoxy groups -OCH3 is 1. The van der Waals surface area contributed by atoms with Crippen LogP contribution in [0.15, 0.2) is 29.0 Å². The summed E-state index contributed by atoms with van der Waals surface area (Å²) in [7, 11) is 1.53. The van der Waals surface area contributed by atoms with Gasteiger partial charge < -0.3 is 29.8 Å². The van der Waals surface area contributed by atoms with Gasteiger partial charge in [-0.25, -0.2) is 4.98 Å². The maximum Gasteiger partial charge on any atom is 0.289 e. The van der Waals surface area contributed by atoms with Crippen LogP contribution < -0.4 is 25.4 Å². The summed E-state index contributed by atoms with van der Waals surface area (Å²) in [5.41, 5.74) is 0.848. The Morgan fingerprint density at radius 3 is 2.81 bits per heavy atom. The molecule has 0 spiro atoms. The van der Waals surface area contributed by atoms with E-state index in [-0.39, 0.29) is 30.7 Å². The molecule has 0 saturated carbocycles. The summed E-state index contributed by atoms with van der Waals surface area (Å²) in [6.45, 7) is 2.42. The van der Waals surface area contributed by atoms with E-state index in [1.807, 2.05) is 0 Å². The minimum Gasteiger partial charge on any atom is -0.497 e. The Hall–Kier alpha value is -3.56. The molecular weight excluding hydrogens is 404 g/mol. The molecule has 3 amide bonds. The van der Waals surface area contributed by atoms with E-state index < -0.39 is 11.9 Å². The lowest BCUT2D eigenvalue weighted by molar-refractivity contribution is -0.123. The van der Waals surface area contributed by atoms with Gasteiger partial charge in [0.1, 0.15) is 24.1 Å². The van der Waals surface area contributed by atoms with E-state index >= 15 is 0 Å². The predicted molar refractivity (Wildman–Crippen MR) is 110 cm³/mol. The van der Waals surface area contributed by atoms with E-state index in [2.05, 4.69) is 20.9 Å². The van der Waals surface area contributed by atoms with Gasteiger partial charge in [-0.1, -0.05) is 0 Å². The first-order valence-electron chi connectivity index (χ1n) is 10.1. The molecule has 1 atom stereocenters. The number of hydrogen-bond donors (Lipinski definition) is 3. The molecular formula is C21H26N4O6. The summed E-state index contributed by atoms with van der Waals surface area (Å²) in [5, 5.41) is 8.32. The van der Waals surface area contributed by atoms with Gasteiger partial charge in [-0.15, -0.1) is 0 Å². The summed E-state index contributed by atoms with van der Waals surface area (Å²) >= 11 is 0. The molecule has 0 saturated heterocycles. The smallest absolute Gasteiger partial charge is 0.289 e. The van der Waals surface area contributed by atoms with E-state index in [0.29, 0.717) is 48.6 Å². The van der Waals surface area contributed by atoms with Gasteiger partial charge in [-0.3, -0.25) is 14.4 Å². The van der Waals surface area contributed by atoms with Crippen molar-refractivity contribution in [1.29, 1.82) is 0 Å². The molecule has 0 bridgehead atoms. The van der Waals surface area contributed by atoms with Crippen molar-refractivity contribution in [2.75, 3.05) is 26.8 Å². The van der Waals surface area contributed by atoms with Crippen LogP contribution in [0.25, 0.3) is 0 Å². The number of nitrogens with one attached hydrogen (secondary N) is 3. The van der Waals surface area contributed by atoms with E-state index in [1.165, 1.54) is 13.5 Å². The first-order chi connectivity index (χ1) is 15.0. The van der Waals surface area contributed by atoms with Crippen LogP contribution in [0.5, 0.6) is 11.5 Å². The number of fused-ring (bicyclic) bond motifs is 1. The molecule has 2 heterocycles. The van der Waals surface area contributed by atoms with Crippen LogP contribution in [0.1, 0.15) is 45.9 Å². The largest absolute Gasteiger partial charge is 0.497 e. The molecule has 10 heteroatoms. The van der Waals surface area contributed by atoms with E-state index in [0.717, 1.165) is 0 Å². The Balaban J connectivity index is 1.69. The first kappa shape index (κ1) is 22.1. The fraction of sp³-hybridized carbons (Fsp3) is 0.429. The van der Waals surface area contributed by atoms with Crippen LogP contribution in [0.3, 0.4) is 0 Å². The van der Waals surface area contributed by atoms with E-state index in [1.54, 1.807) is 25.1 Å². The Bertz CT molecular complexity index is 942. The molecule has 0 aliphatic carbocycles. The number of oxazole rings is 1. The number of aryl methyl sites for hydroxylation is 1. The second-order valence-electron chi connectivity index (χ2n) is 7.05. The summed E-state index contributed by atoms with van der Waals surface area (Å²) in [5.74, 6) is -0.0586. The average Bonchev–Trinajstić information content (AvgIpc) is 3.20. The van der Waals surface area contributed by atoms with Crippen LogP contribution >= 0.6 is 0 Å². The highest BCUT2D eigenvalue weighted by Gasteiger charge is 2.24. The van der Waals surface area contributed by atoms with Gasteiger partial charge in [-0.2, -0.15) is 0 Å². The zero-order valence-electron chi connectivity index (χ0n) is 17.5. The molecule has 3 N–H and O–H groups in total. The fourth-order valence-corrected chi connectivity index (χ4v) is 3.18. The third-order valence-electron chi connectivity index (χ3n) is 4.87. The van der Waals surface area contributed by atoms with Crippen LogP contribution in [0.2, 0.25) is 0 Å². The maximum atomic E-state index is 12.7. The van der Waals surface area contributed by atoms with Crippen molar-refractivity contribution >= 4 is 17.7 Å². The predicted octanol–water partition coefficient (Wildman–Crippen LogP) is 1.20. The molecule has 31 heavy (non-hydrogen) atoms. The highest BCUT2D eigenvalue weighted by molar-refractivity contribution is 5.97. The number of hydrogen-bond acceptors (Lipinski definition) is 7. The number of nitrogens with zero attached hydrogens (tertiary/aromatic N) is 1. The number of amides is 3. The van der Waals surface area contributed by atoms with Gasteiger partial charge in [0.05, 0.1) is 24.9 Å². The molecule has 1 aromatic heterocycles. The molecule has 0 unspecified atom stereocenters. The first-order valence-corrected chi connectivity index (χ1v) is 10.1.